The van der Waals surface area contributed by atoms with Crippen molar-refractivity contribution in [1.82, 2.24) is 5.32 Å². The molecule has 2 unspecified atom stereocenters. The summed E-state index contributed by atoms with van der Waals surface area (Å²) in [5.41, 5.74) is 1.38. The molecule has 0 aliphatic carbocycles. The number of hydrogen-bond acceptors (Lipinski definition) is 2. The zero-order valence-corrected chi connectivity index (χ0v) is 11.7. The highest BCUT2D eigenvalue weighted by Gasteiger charge is 2.09. The van der Waals surface area contributed by atoms with E-state index in [4.69, 9.17) is 4.74 Å². The summed E-state index contributed by atoms with van der Waals surface area (Å²) in [5.74, 6) is 1.53. The van der Waals surface area contributed by atoms with Crippen molar-refractivity contribution in [2.45, 2.75) is 52.2 Å². The molecule has 0 saturated carbocycles. The zero-order chi connectivity index (χ0) is 12.8. The maximum absolute atomic E-state index is 5.64. The van der Waals surface area contributed by atoms with Gasteiger partial charge in [0.2, 0.25) is 0 Å². The highest BCUT2D eigenvalue weighted by Crippen LogP contribution is 2.23. The molecule has 1 N–H and O–H groups in total. The van der Waals surface area contributed by atoms with Gasteiger partial charge in [0.1, 0.15) is 5.75 Å². The van der Waals surface area contributed by atoms with Gasteiger partial charge in [-0.1, -0.05) is 19.1 Å². The van der Waals surface area contributed by atoms with Crippen molar-refractivity contribution < 1.29 is 4.74 Å². The van der Waals surface area contributed by atoms with Crippen molar-refractivity contribution in [2.24, 2.45) is 0 Å². The van der Waals surface area contributed by atoms with E-state index in [9.17, 15) is 0 Å². The van der Waals surface area contributed by atoms with Gasteiger partial charge >= 0.3 is 0 Å². The highest BCUT2D eigenvalue weighted by molar-refractivity contribution is 5.29. The number of benzene rings is 1. The van der Waals surface area contributed by atoms with E-state index in [1.807, 2.05) is 20.9 Å². The van der Waals surface area contributed by atoms with Gasteiger partial charge in [0, 0.05) is 6.04 Å². The summed E-state index contributed by atoms with van der Waals surface area (Å²) < 4.78 is 5.64. The van der Waals surface area contributed by atoms with Crippen LogP contribution < -0.4 is 10.1 Å². The minimum atomic E-state index is 0.239. The van der Waals surface area contributed by atoms with E-state index < -0.39 is 0 Å². The SMILES string of the molecule is CNC(C)CC(C)c1ccc(OC(C)C)cc1. The van der Waals surface area contributed by atoms with Crippen molar-refractivity contribution in [1.29, 1.82) is 0 Å². The average molecular weight is 235 g/mol. The average Bonchev–Trinajstić information content (AvgIpc) is 2.28. The van der Waals surface area contributed by atoms with Gasteiger partial charge in [-0.05, 0) is 57.9 Å². The summed E-state index contributed by atoms with van der Waals surface area (Å²) in [6.45, 7) is 8.58. The summed E-state index contributed by atoms with van der Waals surface area (Å²) in [6.07, 6.45) is 1.39. The molecule has 0 saturated heterocycles. The van der Waals surface area contributed by atoms with E-state index in [0.29, 0.717) is 12.0 Å². The Kier molecular flexibility index (Phi) is 5.49. The lowest BCUT2D eigenvalue weighted by molar-refractivity contribution is 0.242. The monoisotopic (exact) mass is 235 g/mol. The Morgan fingerprint density at radius 2 is 1.65 bits per heavy atom. The Balaban J connectivity index is 2.60. The molecule has 0 fully saturated rings. The van der Waals surface area contributed by atoms with Crippen molar-refractivity contribution >= 4 is 0 Å². The molecule has 1 aromatic rings. The summed E-state index contributed by atoms with van der Waals surface area (Å²) in [7, 11) is 2.01. The topological polar surface area (TPSA) is 21.3 Å². The smallest absolute Gasteiger partial charge is 0.119 e. The van der Waals surface area contributed by atoms with Crippen LogP contribution in [0.3, 0.4) is 0 Å². The lowest BCUT2D eigenvalue weighted by atomic mass is 9.94. The predicted octanol–water partition coefficient (Wildman–Crippen LogP) is 3.58. The molecule has 0 bridgehead atoms. The molecule has 0 aliphatic rings. The summed E-state index contributed by atoms with van der Waals surface area (Å²) in [6, 6.07) is 9.03. The van der Waals surface area contributed by atoms with Crippen LogP contribution in [0.25, 0.3) is 0 Å². The van der Waals surface area contributed by atoms with Crippen LogP contribution in [-0.2, 0) is 0 Å². The fourth-order valence-electron chi connectivity index (χ4n) is 1.93. The number of hydrogen-bond donors (Lipinski definition) is 1. The number of rotatable bonds is 6. The summed E-state index contributed by atoms with van der Waals surface area (Å²) in [4.78, 5) is 0. The Morgan fingerprint density at radius 3 is 2.12 bits per heavy atom. The minimum absolute atomic E-state index is 0.239. The first-order valence-corrected chi connectivity index (χ1v) is 6.46. The maximum atomic E-state index is 5.64. The van der Waals surface area contributed by atoms with E-state index in [1.54, 1.807) is 0 Å². The van der Waals surface area contributed by atoms with Crippen LogP contribution in [0.1, 0.15) is 45.6 Å². The second-order valence-corrected chi connectivity index (χ2v) is 5.06. The van der Waals surface area contributed by atoms with Gasteiger partial charge in [0.15, 0.2) is 0 Å². The molecule has 1 rings (SSSR count). The minimum Gasteiger partial charge on any atom is -0.491 e. The predicted molar refractivity (Wildman–Crippen MR) is 73.8 cm³/mol. The van der Waals surface area contributed by atoms with Gasteiger partial charge in [-0.25, -0.2) is 0 Å². The molecule has 0 aliphatic heterocycles. The van der Waals surface area contributed by atoms with Crippen molar-refractivity contribution in [3.63, 3.8) is 0 Å². The Bertz CT molecular complexity index is 318. The third-order valence-corrected chi connectivity index (χ3v) is 3.02. The van der Waals surface area contributed by atoms with Gasteiger partial charge < -0.3 is 10.1 Å². The van der Waals surface area contributed by atoms with Gasteiger partial charge in [-0.15, -0.1) is 0 Å². The molecule has 17 heavy (non-hydrogen) atoms. The lowest BCUT2D eigenvalue weighted by Crippen LogP contribution is -2.22. The Hall–Kier alpha value is -1.02. The van der Waals surface area contributed by atoms with Crippen LogP contribution in [0.15, 0.2) is 24.3 Å². The lowest BCUT2D eigenvalue weighted by Gasteiger charge is -2.17. The third-order valence-electron chi connectivity index (χ3n) is 3.02. The van der Waals surface area contributed by atoms with Gasteiger partial charge in [0.05, 0.1) is 6.10 Å². The third kappa shape index (κ3) is 4.78. The first-order chi connectivity index (χ1) is 8.02. The molecule has 96 valence electrons. The van der Waals surface area contributed by atoms with Gasteiger partial charge in [0.25, 0.3) is 0 Å². The second-order valence-electron chi connectivity index (χ2n) is 5.06. The van der Waals surface area contributed by atoms with Gasteiger partial charge in [-0.3, -0.25) is 0 Å². The molecule has 0 amide bonds. The fourth-order valence-corrected chi connectivity index (χ4v) is 1.93. The highest BCUT2D eigenvalue weighted by atomic mass is 16.5. The standard InChI is InChI=1S/C15H25NO/c1-11(2)17-15-8-6-14(7-9-15)12(3)10-13(4)16-5/h6-9,11-13,16H,10H2,1-5H3. The molecule has 0 radical (unpaired) electrons. The van der Waals surface area contributed by atoms with E-state index in [0.717, 1.165) is 12.2 Å². The summed E-state index contributed by atoms with van der Waals surface area (Å²) in [5, 5.41) is 3.28. The van der Waals surface area contributed by atoms with Crippen LogP contribution in [-0.4, -0.2) is 19.2 Å². The molecule has 1 aromatic carbocycles. The van der Waals surface area contributed by atoms with Crippen molar-refractivity contribution in [3.05, 3.63) is 29.8 Å². The Morgan fingerprint density at radius 1 is 1.06 bits per heavy atom. The first-order valence-electron chi connectivity index (χ1n) is 6.46. The number of ether oxygens (including phenoxy) is 1. The van der Waals surface area contributed by atoms with E-state index in [2.05, 4.69) is 43.4 Å². The van der Waals surface area contributed by atoms with E-state index >= 15 is 0 Å². The van der Waals surface area contributed by atoms with Crippen LogP contribution in [0.4, 0.5) is 0 Å². The molecule has 0 aromatic heterocycles. The first kappa shape index (κ1) is 14.0. The molecule has 0 spiro atoms. The quantitative estimate of drug-likeness (QED) is 0.814. The van der Waals surface area contributed by atoms with Crippen LogP contribution in [0.2, 0.25) is 0 Å². The molecule has 2 atom stereocenters. The largest absolute Gasteiger partial charge is 0.491 e. The molecule has 2 nitrogen and oxygen atoms in total. The van der Waals surface area contributed by atoms with E-state index in [-0.39, 0.29) is 6.10 Å². The van der Waals surface area contributed by atoms with Crippen LogP contribution in [0.5, 0.6) is 5.75 Å². The van der Waals surface area contributed by atoms with Gasteiger partial charge in [-0.2, -0.15) is 0 Å². The Labute approximate surface area is 105 Å². The van der Waals surface area contributed by atoms with E-state index in [1.165, 1.54) is 5.56 Å². The fraction of sp³-hybridized carbons (Fsp3) is 0.600. The normalized spacial score (nSPS) is 14.7. The molecular formula is C15H25NO. The van der Waals surface area contributed by atoms with Crippen molar-refractivity contribution in [2.75, 3.05) is 7.05 Å². The molecule has 2 heteroatoms. The van der Waals surface area contributed by atoms with Crippen molar-refractivity contribution in [3.8, 4) is 5.75 Å². The zero-order valence-electron chi connectivity index (χ0n) is 11.7. The maximum Gasteiger partial charge on any atom is 0.119 e. The second kappa shape index (κ2) is 6.65. The number of nitrogens with one attached hydrogen (secondary N) is 1. The molecular weight excluding hydrogens is 210 g/mol. The summed E-state index contributed by atoms with van der Waals surface area (Å²) >= 11 is 0. The van der Waals surface area contributed by atoms with Crippen LogP contribution >= 0.6 is 0 Å². The van der Waals surface area contributed by atoms with Crippen LogP contribution in [0, 0.1) is 0 Å². The molecule has 0 heterocycles.